The average Bonchev–Trinajstić information content (AvgIpc) is 2.94. The van der Waals surface area contributed by atoms with Gasteiger partial charge in [0.25, 0.3) is 0 Å². The molecule has 1 atom stereocenters. The van der Waals surface area contributed by atoms with Crippen LogP contribution < -0.4 is 10.6 Å². The van der Waals surface area contributed by atoms with E-state index in [1.54, 1.807) is 43.3 Å². The maximum atomic E-state index is 11.9. The topological polar surface area (TPSA) is 91.6 Å². The van der Waals surface area contributed by atoms with Crippen LogP contribution in [0.25, 0.3) is 0 Å². The molecule has 2 aromatic rings. The van der Waals surface area contributed by atoms with Crippen molar-refractivity contribution in [2.45, 2.75) is 19.4 Å². The first-order valence-corrected chi connectivity index (χ1v) is 6.47. The molecule has 1 heterocycles. The van der Waals surface area contributed by atoms with Gasteiger partial charge >= 0.3 is 12.0 Å². The predicted molar refractivity (Wildman–Crippen MR) is 77.1 cm³/mol. The van der Waals surface area contributed by atoms with Crippen LogP contribution in [0.3, 0.4) is 0 Å². The van der Waals surface area contributed by atoms with Crippen LogP contribution in [0.15, 0.2) is 47.1 Å². The maximum Gasteiger partial charge on any atom is 0.319 e. The number of carboxylic acid groups (broad SMARTS) is 1. The summed E-state index contributed by atoms with van der Waals surface area (Å²) < 4.78 is 5.20. The van der Waals surface area contributed by atoms with Gasteiger partial charge in [0.1, 0.15) is 5.76 Å². The zero-order chi connectivity index (χ0) is 15.2. The number of hydrogen-bond donors (Lipinski definition) is 3. The first kappa shape index (κ1) is 14.6. The van der Waals surface area contributed by atoms with E-state index in [1.807, 2.05) is 0 Å². The number of carbonyl (C=O) groups is 2. The van der Waals surface area contributed by atoms with Gasteiger partial charge in [-0.1, -0.05) is 18.2 Å². The Morgan fingerprint density at radius 3 is 2.67 bits per heavy atom. The highest BCUT2D eigenvalue weighted by molar-refractivity contribution is 5.91. The van der Waals surface area contributed by atoms with Gasteiger partial charge in [0.2, 0.25) is 0 Å². The Hall–Kier alpha value is -2.76. The molecule has 6 heteroatoms. The minimum Gasteiger partial charge on any atom is -0.481 e. The van der Waals surface area contributed by atoms with Crippen LogP contribution in [0.1, 0.15) is 24.3 Å². The van der Waals surface area contributed by atoms with Gasteiger partial charge in [-0.3, -0.25) is 4.79 Å². The number of hydrogen-bond acceptors (Lipinski definition) is 3. The monoisotopic (exact) mass is 288 g/mol. The molecule has 1 unspecified atom stereocenters. The van der Waals surface area contributed by atoms with E-state index >= 15 is 0 Å². The van der Waals surface area contributed by atoms with E-state index in [2.05, 4.69) is 10.6 Å². The van der Waals surface area contributed by atoms with Crippen LogP contribution in [-0.2, 0) is 11.2 Å². The largest absolute Gasteiger partial charge is 0.481 e. The summed E-state index contributed by atoms with van der Waals surface area (Å²) in [6.07, 6.45) is 1.39. The third kappa shape index (κ3) is 4.10. The number of carboxylic acids is 1. The quantitative estimate of drug-likeness (QED) is 0.789. The van der Waals surface area contributed by atoms with Crippen molar-refractivity contribution < 1.29 is 19.1 Å². The highest BCUT2D eigenvalue weighted by Gasteiger charge is 2.13. The SMILES string of the molecule is CC(NC(=O)Nc1ccccc1CC(=O)O)c1ccco1. The summed E-state index contributed by atoms with van der Waals surface area (Å²) >= 11 is 0. The second-order valence-corrected chi connectivity index (χ2v) is 4.56. The van der Waals surface area contributed by atoms with Gasteiger partial charge in [0.05, 0.1) is 18.7 Å². The number of rotatable bonds is 5. The van der Waals surface area contributed by atoms with Crippen LogP contribution in [0.2, 0.25) is 0 Å². The van der Waals surface area contributed by atoms with Gasteiger partial charge in [-0.25, -0.2) is 4.79 Å². The molecule has 6 nitrogen and oxygen atoms in total. The average molecular weight is 288 g/mol. The standard InChI is InChI=1S/C15H16N2O4/c1-10(13-7-4-8-21-13)16-15(20)17-12-6-3-2-5-11(12)9-14(18)19/h2-8,10H,9H2,1H3,(H,18,19)(H2,16,17,20). The van der Waals surface area contributed by atoms with Gasteiger partial charge in [-0.2, -0.15) is 0 Å². The van der Waals surface area contributed by atoms with Crippen LogP contribution in [0.5, 0.6) is 0 Å². The number of carbonyl (C=O) groups excluding carboxylic acids is 1. The molecule has 0 bridgehead atoms. The van der Waals surface area contributed by atoms with E-state index < -0.39 is 12.0 Å². The first-order valence-electron chi connectivity index (χ1n) is 6.47. The molecule has 2 amide bonds. The molecule has 0 aliphatic rings. The third-order valence-corrected chi connectivity index (χ3v) is 2.92. The minimum atomic E-state index is -0.950. The van der Waals surface area contributed by atoms with Crippen molar-refractivity contribution in [2.75, 3.05) is 5.32 Å². The van der Waals surface area contributed by atoms with E-state index in [4.69, 9.17) is 9.52 Å². The van der Waals surface area contributed by atoms with Crippen molar-refractivity contribution in [3.05, 3.63) is 54.0 Å². The van der Waals surface area contributed by atoms with E-state index in [1.165, 1.54) is 6.26 Å². The molecule has 0 saturated carbocycles. The molecule has 1 aromatic heterocycles. The lowest BCUT2D eigenvalue weighted by Gasteiger charge is -2.14. The Kier molecular flexibility index (Phi) is 4.61. The lowest BCUT2D eigenvalue weighted by Crippen LogP contribution is -2.31. The Morgan fingerprint density at radius 1 is 1.24 bits per heavy atom. The molecule has 3 N–H and O–H groups in total. The van der Waals surface area contributed by atoms with Gasteiger partial charge in [0, 0.05) is 5.69 Å². The number of amides is 2. The molecule has 21 heavy (non-hydrogen) atoms. The lowest BCUT2D eigenvalue weighted by molar-refractivity contribution is -0.136. The summed E-state index contributed by atoms with van der Waals surface area (Å²) in [5, 5.41) is 14.2. The zero-order valence-corrected chi connectivity index (χ0v) is 11.5. The summed E-state index contributed by atoms with van der Waals surface area (Å²) in [6, 6.07) is 9.60. The summed E-state index contributed by atoms with van der Waals surface area (Å²) in [7, 11) is 0. The molecular weight excluding hydrogens is 272 g/mol. The second kappa shape index (κ2) is 6.60. The lowest BCUT2D eigenvalue weighted by atomic mass is 10.1. The molecule has 0 saturated heterocycles. The molecular formula is C15H16N2O4. The molecule has 2 rings (SSSR count). The van der Waals surface area contributed by atoms with Crippen molar-refractivity contribution >= 4 is 17.7 Å². The number of aliphatic carboxylic acids is 1. The summed E-state index contributed by atoms with van der Waals surface area (Å²) in [4.78, 5) is 22.7. The number of urea groups is 1. The number of para-hydroxylation sites is 1. The number of furan rings is 1. The molecule has 0 spiro atoms. The second-order valence-electron chi connectivity index (χ2n) is 4.56. The van der Waals surface area contributed by atoms with Gasteiger partial charge in [0.15, 0.2) is 0 Å². The summed E-state index contributed by atoms with van der Waals surface area (Å²) in [5.41, 5.74) is 1.02. The van der Waals surface area contributed by atoms with Crippen molar-refractivity contribution in [2.24, 2.45) is 0 Å². The Labute approximate surface area is 121 Å². The number of benzene rings is 1. The molecule has 0 aliphatic carbocycles. The van der Waals surface area contributed by atoms with Gasteiger partial charge < -0.3 is 20.2 Å². The fourth-order valence-corrected chi connectivity index (χ4v) is 1.92. The maximum absolute atomic E-state index is 11.9. The predicted octanol–water partition coefficient (Wildman–Crippen LogP) is 2.79. The molecule has 110 valence electrons. The smallest absolute Gasteiger partial charge is 0.319 e. The van der Waals surface area contributed by atoms with Crippen LogP contribution >= 0.6 is 0 Å². The van der Waals surface area contributed by atoms with Crippen LogP contribution in [0, 0.1) is 0 Å². The van der Waals surface area contributed by atoms with E-state index in [0.29, 0.717) is 17.0 Å². The van der Waals surface area contributed by atoms with E-state index in [0.717, 1.165) is 0 Å². The number of nitrogens with one attached hydrogen (secondary N) is 2. The summed E-state index contributed by atoms with van der Waals surface area (Å²) in [5.74, 6) is -0.308. The van der Waals surface area contributed by atoms with Crippen molar-refractivity contribution in [1.29, 1.82) is 0 Å². The normalized spacial score (nSPS) is 11.7. The minimum absolute atomic E-state index is 0.149. The Balaban J connectivity index is 2.01. The first-order chi connectivity index (χ1) is 10.1. The van der Waals surface area contributed by atoms with E-state index in [-0.39, 0.29) is 12.5 Å². The van der Waals surface area contributed by atoms with Gasteiger partial charge in [-0.15, -0.1) is 0 Å². The zero-order valence-electron chi connectivity index (χ0n) is 11.5. The number of anilines is 1. The van der Waals surface area contributed by atoms with Crippen molar-refractivity contribution in [1.82, 2.24) is 5.32 Å². The van der Waals surface area contributed by atoms with Crippen molar-refractivity contribution in [3.63, 3.8) is 0 Å². The molecule has 0 fully saturated rings. The molecule has 0 radical (unpaired) electrons. The van der Waals surface area contributed by atoms with Gasteiger partial charge in [-0.05, 0) is 30.7 Å². The Bertz CT molecular complexity index is 622. The molecule has 0 aliphatic heterocycles. The van der Waals surface area contributed by atoms with Crippen molar-refractivity contribution in [3.8, 4) is 0 Å². The van der Waals surface area contributed by atoms with E-state index in [9.17, 15) is 9.59 Å². The molecule has 1 aromatic carbocycles. The fourth-order valence-electron chi connectivity index (χ4n) is 1.92. The fraction of sp³-hybridized carbons (Fsp3) is 0.200. The highest BCUT2D eigenvalue weighted by atomic mass is 16.4. The van der Waals surface area contributed by atoms with Crippen LogP contribution in [-0.4, -0.2) is 17.1 Å². The Morgan fingerprint density at radius 2 is 2.00 bits per heavy atom. The summed E-state index contributed by atoms with van der Waals surface area (Å²) in [6.45, 7) is 1.79. The highest BCUT2D eigenvalue weighted by Crippen LogP contribution is 2.17. The van der Waals surface area contributed by atoms with Crippen LogP contribution in [0.4, 0.5) is 10.5 Å². The third-order valence-electron chi connectivity index (χ3n) is 2.92.